The molecule has 0 aliphatic heterocycles. The van der Waals surface area contributed by atoms with Crippen LogP contribution in [-0.4, -0.2) is 22.6 Å². The van der Waals surface area contributed by atoms with Crippen LogP contribution in [0.25, 0.3) is 0 Å². The number of rotatable bonds is 5. The third-order valence-electron chi connectivity index (χ3n) is 2.97. The van der Waals surface area contributed by atoms with E-state index in [9.17, 15) is 9.59 Å². The number of hydrogen-bond acceptors (Lipinski definition) is 3. The Labute approximate surface area is 102 Å². The lowest BCUT2D eigenvalue weighted by Crippen LogP contribution is -2.33. The summed E-state index contributed by atoms with van der Waals surface area (Å²) in [6.45, 7) is 4.20. The molecule has 0 heterocycles. The van der Waals surface area contributed by atoms with Crippen LogP contribution in [0, 0.1) is 5.92 Å². The Bertz CT molecular complexity index is 311. The second-order valence-electron chi connectivity index (χ2n) is 5.08. The second-order valence-corrected chi connectivity index (χ2v) is 5.08. The van der Waals surface area contributed by atoms with E-state index in [1.165, 1.54) is 0 Å². The summed E-state index contributed by atoms with van der Waals surface area (Å²) >= 11 is 0. The quantitative estimate of drug-likeness (QED) is 0.592. The number of aliphatic carboxylic acids is 1. The van der Waals surface area contributed by atoms with Crippen molar-refractivity contribution in [2.45, 2.75) is 51.6 Å². The zero-order valence-corrected chi connectivity index (χ0v) is 10.4. The van der Waals surface area contributed by atoms with Crippen LogP contribution in [-0.2, 0) is 14.3 Å². The monoisotopic (exact) mass is 240 g/mol. The summed E-state index contributed by atoms with van der Waals surface area (Å²) in [5, 5.41) is 8.44. The fourth-order valence-electron chi connectivity index (χ4n) is 2.50. The van der Waals surface area contributed by atoms with Gasteiger partial charge in [0.25, 0.3) is 0 Å². The molecule has 0 aromatic rings. The summed E-state index contributed by atoms with van der Waals surface area (Å²) in [5.41, 5.74) is -0.367. The molecule has 0 aromatic carbocycles. The van der Waals surface area contributed by atoms with E-state index >= 15 is 0 Å². The molecule has 1 saturated carbocycles. The lowest BCUT2D eigenvalue weighted by molar-refractivity contribution is -0.155. The minimum atomic E-state index is -1.13. The normalized spacial score (nSPS) is 18.8. The highest BCUT2D eigenvalue weighted by atomic mass is 16.6. The van der Waals surface area contributed by atoms with Crippen LogP contribution in [0.1, 0.15) is 46.0 Å². The maximum absolute atomic E-state index is 11.5. The molecule has 0 unspecified atom stereocenters. The predicted octanol–water partition coefficient (Wildman–Crippen LogP) is 2.53. The van der Waals surface area contributed by atoms with Crippen molar-refractivity contribution in [1.82, 2.24) is 0 Å². The molecule has 1 aliphatic carbocycles. The van der Waals surface area contributed by atoms with Crippen molar-refractivity contribution in [2.24, 2.45) is 5.92 Å². The Balaban J connectivity index is 2.61. The van der Waals surface area contributed by atoms with Gasteiger partial charge < -0.3 is 9.84 Å². The van der Waals surface area contributed by atoms with E-state index in [1.54, 1.807) is 0 Å². The number of carboxylic acids is 1. The highest BCUT2D eigenvalue weighted by Crippen LogP contribution is 2.38. The van der Waals surface area contributed by atoms with Gasteiger partial charge >= 0.3 is 11.9 Å². The topological polar surface area (TPSA) is 63.6 Å². The number of hydrogen-bond donors (Lipinski definition) is 1. The van der Waals surface area contributed by atoms with Crippen molar-refractivity contribution in [2.75, 3.05) is 0 Å². The van der Waals surface area contributed by atoms with E-state index in [0.29, 0.717) is 5.92 Å². The Hall–Kier alpha value is -1.32. The molecule has 0 aromatic heterocycles. The first-order chi connectivity index (χ1) is 7.93. The standard InChI is InChI=1S/C13H20O4/c1-10(2)9-13(7-3-4-8-13)17-12(16)6-5-11(14)15/h5-6,10H,3-4,7-9H2,1-2H3,(H,14,15)/b6-5+. The van der Waals surface area contributed by atoms with Crippen molar-refractivity contribution in [3.8, 4) is 0 Å². The molecule has 4 heteroatoms. The summed E-state index contributed by atoms with van der Waals surface area (Å²) in [6, 6.07) is 0. The number of esters is 1. The second kappa shape index (κ2) is 5.84. The van der Waals surface area contributed by atoms with Gasteiger partial charge in [-0.2, -0.15) is 0 Å². The van der Waals surface area contributed by atoms with Crippen LogP contribution in [0.3, 0.4) is 0 Å². The summed E-state index contributed by atoms with van der Waals surface area (Å²) in [5.74, 6) is -1.22. The van der Waals surface area contributed by atoms with E-state index in [-0.39, 0.29) is 5.60 Å². The van der Waals surface area contributed by atoms with Gasteiger partial charge in [-0.1, -0.05) is 13.8 Å². The van der Waals surface area contributed by atoms with Crippen molar-refractivity contribution in [3.63, 3.8) is 0 Å². The van der Waals surface area contributed by atoms with Crippen LogP contribution in [0.2, 0.25) is 0 Å². The van der Waals surface area contributed by atoms with E-state index in [0.717, 1.165) is 44.3 Å². The molecule has 0 saturated heterocycles. The Morgan fingerprint density at radius 1 is 1.29 bits per heavy atom. The van der Waals surface area contributed by atoms with Gasteiger partial charge in [0.2, 0.25) is 0 Å². The van der Waals surface area contributed by atoms with Gasteiger partial charge in [0, 0.05) is 12.2 Å². The molecule has 1 N–H and O–H groups in total. The molecule has 0 amide bonds. The molecule has 17 heavy (non-hydrogen) atoms. The first-order valence-corrected chi connectivity index (χ1v) is 6.07. The molecule has 1 aliphatic rings. The molecule has 96 valence electrons. The predicted molar refractivity (Wildman–Crippen MR) is 63.5 cm³/mol. The first-order valence-electron chi connectivity index (χ1n) is 6.07. The van der Waals surface area contributed by atoms with Gasteiger partial charge in [-0.25, -0.2) is 9.59 Å². The Morgan fingerprint density at radius 2 is 1.88 bits per heavy atom. The molecule has 0 radical (unpaired) electrons. The molecule has 0 bridgehead atoms. The average Bonchev–Trinajstić information content (AvgIpc) is 2.62. The van der Waals surface area contributed by atoms with Crippen LogP contribution >= 0.6 is 0 Å². The molecule has 0 atom stereocenters. The average molecular weight is 240 g/mol. The third-order valence-corrected chi connectivity index (χ3v) is 2.97. The van der Waals surface area contributed by atoms with Gasteiger partial charge in [0.15, 0.2) is 0 Å². The summed E-state index contributed by atoms with van der Waals surface area (Å²) in [4.78, 5) is 21.8. The molecule has 0 spiro atoms. The zero-order chi connectivity index (χ0) is 12.9. The Kier molecular flexibility index (Phi) is 4.73. The third kappa shape index (κ3) is 4.59. The van der Waals surface area contributed by atoms with Gasteiger partial charge in [0.05, 0.1) is 0 Å². The fourth-order valence-corrected chi connectivity index (χ4v) is 2.50. The van der Waals surface area contributed by atoms with Crippen LogP contribution in [0.4, 0.5) is 0 Å². The minimum Gasteiger partial charge on any atom is -0.478 e. The first kappa shape index (κ1) is 13.7. The SMILES string of the molecule is CC(C)CC1(OC(=O)/C=C/C(=O)O)CCCC1. The highest BCUT2D eigenvalue weighted by Gasteiger charge is 2.37. The molecule has 4 nitrogen and oxygen atoms in total. The van der Waals surface area contributed by atoms with Gasteiger partial charge in [-0.3, -0.25) is 0 Å². The van der Waals surface area contributed by atoms with E-state index < -0.39 is 11.9 Å². The van der Waals surface area contributed by atoms with Crippen LogP contribution in [0.5, 0.6) is 0 Å². The van der Waals surface area contributed by atoms with Crippen molar-refractivity contribution in [3.05, 3.63) is 12.2 Å². The number of ether oxygens (including phenoxy) is 1. The number of carbonyl (C=O) groups is 2. The zero-order valence-electron chi connectivity index (χ0n) is 10.4. The van der Waals surface area contributed by atoms with Crippen LogP contribution in [0.15, 0.2) is 12.2 Å². The van der Waals surface area contributed by atoms with Crippen molar-refractivity contribution < 1.29 is 19.4 Å². The highest BCUT2D eigenvalue weighted by molar-refractivity contribution is 5.90. The smallest absolute Gasteiger partial charge is 0.331 e. The van der Waals surface area contributed by atoms with Gasteiger partial charge in [0.1, 0.15) is 5.60 Å². The fraction of sp³-hybridized carbons (Fsp3) is 0.692. The molecule has 1 rings (SSSR count). The van der Waals surface area contributed by atoms with Crippen molar-refractivity contribution in [1.29, 1.82) is 0 Å². The molecular formula is C13H20O4. The lowest BCUT2D eigenvalue weighted by Gasteiger charge is -2.30. The molecule has 1 fully saturated rings. The number of carbonyl (C=O) groups excluding carboxylic acids is 1. The summed E-state index contributed by atoms with van der Waals surface area (Å²) in [7, 11) is 0. The van der Waals surface area contributed by atoms with E-state index in [4.69, 9.17) is 9.84 Å². The van der Waals surface area contributed by atoms with Crippen LogP contribution < -0.4 is 0 Å². The maximum Gasteiger partial charge on any atom is 0.331 e. The van der Waals surface area contributed by atoms with E-state index in [2.05, 4.69) is 13.8 Å². The van der Waals surface area contributed by atoms with Crippen molar-refractivity contribution >= 4 is 11.9 Å². The molecular weight excluding hydrogens is 220 g/mol. The van der Waals surface area contributed by atoms with E-state index in [1.807, 2.05) is 0 Å². The van der Waals surface area contributed by atoms with Gasteiger partial charge in [-0.05, 0) is 38.0 Å². The largest absolute Gasteiger partial charge is 0.478 e. The van der Waals surface area contributed by atoms with Gasteiger partial charge in [-0.15, -0.1) is 0 Å². The number of carboxylic acid groups (broad SMARTS) is 1. The summed E-state index contributed by atoms with van der Waals surface area (Å²) in [6.07, 6.45) is 6.57. The maximum atomic E-state index is 11.5. The Morgan fingerprint density at radius 3 is 2.35 bits per heavy atom. The lowest BCUT2D eigenvalue weighted by atomic mass is 9.90. The minimum absolute atomic E-state index is 0.367. The summed E-state index contributed by atoms with van der Waals surface area (Å²) < 4.78 is 5.47.